The van der Waals surface area contributed by atoms with Gasteiger partial charge in [-0.25, -0.2) is 4.79 Å². The fourth-order valence-corrected chi connectivity index (χ4v) is 0.996. The quantitative estimate of drug-likeness (QED) is 0.613. The first-order chi connectivity index (χ1) is 7.63. The average molecular weight is 243 g/mol. The number of anilines is 1. The Morgan fingerprint density at radius 2 is 2.12 bits per heavy atom. The molecular weight excluding hydrogens is 232 g/mol. The normalized spacial score (nSPS) is 11.0. The maximum absolute atomic E-state index is 10.3. The Morgan fingerprint density at radius 1 is 1.50 bits per heavy atom. The second-order valence-electron chi connectivity index (χ2n) is 2.78. The summed E-state index contributed by atoms with van der Waals surface area (Å²) in [4.78, 5) is 10.3. The molecular formula is C10H11ClN2O3. The number of hydrazone groups is 1. The van der Waals surface area contributed by atoms with E-state index in [1.54, 1.807) is 24.3 Å². The maximum atomic E-state index is 10.3. The molecule has 0 bridgehead atoms. The van der Waals surface area contributed by atoms with Crippen molar-refractivity contribution in [1.82, 2.24) is 0 Å². The number of hydrogen-bond acceptors (Lipinski definition) is 4. The van der Waals surface area contributed by atoms with E-state index in [0.29, 0.717) is 12.3 Å². The van der Waals surface area contributed by atoms with Gasteiger partial charge in [0, 0.05) is 0 Å². The van der Waals surface area contributed by atoms with Crippen LogP contribution in [0.25, 0.3) is 0 Å². The summed E-state index contributed by atoms with van der Waals surface area (Å²) >= 11 is 5.31. The Hall–Kier alpha value is -1.75. The van der Waals surface area contributed by atoms with E-state index < -0.39 is 11.1 Å². The zero-order valence-corrected chi connectivity index (χ0v) is 9.36. The average Bonchev–Trinajstić information content (AvgIpc) is 2.28. The van der Waals surface area contributed by atoms with E-state index in [1.165, 1.54) is 0 Å². The second kappa shape index (κ2) is 5.97. The highest BCUT2D eigenvalue weighted by Crippen LogP contribution is 2.15. The van der Waals surface area contributed by atoms with Crippen molar-refractivity contribution < 1.29 is 14.6 Å². The minimum atomic E-state index is -1.28. The lowest BCUT2D eigenvalue weighted by Gasteiger charge is -2.04. The molecule has 16 heavy (non-hydrogen) atoms. The lowest BCUT2D eigenvalue weighted by molar-refractivity contribution is -0.129. The van der Waals surface area contributed by atoms with E-state index in [4.69, 9.17) is 21.4 Å². The summed E-state index contributed by atoms with van der Waals surface area (Å²) in [5, 5.41) is 11.4. The van der Waals surface area contributed by atoms with E-state index >= 15 is 0 Å². The Bertz CT molecular complexity index is 390. The van der Waals surface area contributed by atoms with Crippen molar-refractivity contribution >= 4 is 28.4 Å². The van der Waals surface area contributed by atoms with Gasteiger partial charge in [-0.2, -0.15) is 5.10 Å². The van der Waals surface area contributed by atoms with Gasteiger partial charge in [-0.15, -0.1) is 0 Å². The molecule has 0 aliphatic rings. The van der Waals surface area contributed by atoms with Crippen molar-refractivity contribution in [1.29, 1.82) is 0 Å². The van der Waals surface area contributed by atoms with E-state index in [0.717, 1.165) is 5.75 Å². The summed E-state index contributed by atoms with van der Waals surface area (Å²) < 4.78 is 5.24. The minimum absolute atomic E-state index is 0.520. The number of ether oxygens (including phenoxy) is 1. The summed E-state index contributed by atoms with van der Waals surface area (Å²) in [7, 11) is 0. The molecule has 0 atom stereocenters. The molecule has 0 amide bonds. The summed E-state index contributed by atoms with van der Waals surface area (Å²) in [6, 6.07) is 6.91. The Labute approximate surface area is 97.7 Å². The molecule has 0 aliphatic carbocycles. The Balaban J connectivity index is 2.62. The van der Waals surface area contributed by atoms with Crippen LogP contribution in [0, 0.1) is 0 Å². The number of aliphatic carboxylic acids is 1. The van der Waals surface area contributed by atoms with E-state index in [-0.39, 0.29) is 0 Å². The minimum Gasteiger partial charge on any atom is -0.494 e. The van der Waals surface area contributed by atoms with Gasteiger partial charge in [0.05, 0.1) is 12.3 Å². The summed E-state index contributed by atoms with van der Waals surface area (Å²) in [5.41, 5.74) is 3.14. The predicted molar refractivity (Wildman–Crippen MR) is 62.2 cm³/mol. The van der Waals surface area contributed by atoms with Gasteiger partial charge in [0.1, 0.15) is 5.75 Å². The highest BCUT2D eigenvalue weighted by Gasteiger charge is 2.03. The number of nitrogens with one attached hydrogen (secondary N) is 1. The van der Waals surface area contributed by atoms with Gasteiger partial charge < -0.3 is 9.84 Å². The summed E-state index contributed by atoms with van der Waals surface area (Å²) in [6.07, 6.45) is 0. The van der Waals surface area contributed by atoms with Crippen LogP contribution in [0.15, 0.2) is 29.4 Å². The molecule has 5 nitrogen and oxygen atoms in total. The highest BCUT2D eigenvalue weighted by molar-refractivity contribution is 6.81. The highest BCUT2D eigenvalue weighted by atomic mass is 35.5. The molecule has 1 aromatic rings. The number of rotatable bonds is 5. The van der Waals surface area contributed by atoms with Crippen LogP contribution < -0.4 is 10.2 Å². The molecule has 0 radical (unpaired) electrons. The monoisotopic (exact) mass is 242 g/mol. The van der Waals surface area contributed by atoms with Crippen LogP contribution in [-0.4, -0.2) is 22.9 Å². The van der Waals surface area contributed by atoms with Crippen LogP contribution >= 0.6 is 11.6 Å². The number of hydrogen-bond donors (Lipinski definition) is 2. The molecule has 2 N–H and O–H groups in total. The molecule has 0 saturated heterocycles. The first-order valence-electron chi connectivity index (χ1n) is 4.59. The lowest BCUT2D eigenvalue weighted by atomic mass is 10.3. The third-order valence-electron chi connectivity index (χ3n) is 1.62. The molecule has 0 saturated carbocycles. The number of carboxylic acids is 1. The SMILES string of the molecule is CCOc1ccc(NN=C(Cl)C(=O)O)cc1. The molecule has 0 fully saturated rings. The lowest BCUT2D eigenvalue weighted by Crippen LogP contribution is -2.07. The fraction of sp³-hybridized carbons (Fsp3) is 0.200. The van der Waals surface area contributed by atoms with Crippen molar-refractivity contribution in [3.8, 4) is 5.75 Å². The smallest absolute Gasteiger partial charge is 0.368 e. The largest absolute Gasteiger partial charge is 0.494 e. The van der Waals surface area contributed by atoms with Gasteiger partial charge >= 0.3 is 5.97 Å². The van der Waals surface area contributed by atoms with Gasteiger partial charge in [0.2, 0.25) is 5.17 Å². The van der Waals surface area contributed by atoms with Crippen molar-refractivity contribution in [2.75, 3.05) is 12.0 Å². The molecule has 0 aromatic heterocycles. The Morgan fingerprint density at radius 3 is 2.62 bits per heavy atom. The van der Waals surface area contributed by atoms with Crippen LogP contribution in [0.3, 0.4) is 0 Å². The summed E-state index contributed by atoms with van der Waals surface area (Å²) in [5.74, 6) is -0.540. The summed E-state index contributed by atoms with van der Waals surface area (Å²) in [6.45, 7) is 2.48. The van der Waals surface area contributed by atoms with Crippen molar-refractivity contribution in [3.05, 3.63) is 24.3 Å². The number of carboxylic acid groups (broad SMARTS) is 1. The molecule has 1 aromatic carbocycles. The van der Waals surface area contributed by atoms with Crippen molar-refractivity contribution in [2.24, 2.45) is 5.10 Å². The molecule has 1 rings (SSSR count). The Kier molecular flexibility index (Phi) is 4.60. The van der Waals surface area contributed by atoms with Gasteiger partial charge in [-0.3, -0.25) is 5.43 Å². The number of halogens is 1. The first kappa shape index (κ1) is 12.3. The topological polar surface area (TPSA) is 70.9 Å². The van der Waals surface area contributed by atoms with Crippen LogP contribution in [0.4, 0.5) is 5.69 Å². The maximum Gasteiger partial charge on any atom is 0.368 e. The number of benzene rings is 1. The van der Waals surface area contributed by atoms with E-state index in [9.17, 15) is 4.79 Å². The zero-order chi connectivity index (χ0) is 12.0. The number of nitrogens with zero attached hydrogens (tertiary/aromatic N) is 1. The van der Waals surface area contributed by atoms with Crippen LogP contribution in [0.5, 0.6) is 5.75 Å². The van der Waals surface area contributed by atoms with Crippen molar-refractivity contribution in [3.63, 3.8) is 0 Å². The molecule has 6 heteroatoms. The molecule has 86 valence electrons. The third kappa shape index (κ3) is 3.78. The van der Waals surface area contributed by atoms with Crippen LogP contribution in [-0.2, 0) is 4.79 Å². The van der Waals surface area contributed by atoms with Crippen LogP contribution in [0.2, 0.25) is 0 Å². The molecule has 0 heterocycles. The zero-order valence-electron chi connectivity index (χ0n) is 8.61. The van der Waals surface area contributed by atoms with E-state index in [2.05, 4.69) is 10.5 Å². The number of carbonyl (C=O) groups is 1. The van der Waals surface area contributed by atoms with Gasteiger partial charge in [0.25, 0.3) is 0 Å². The second-order valence-corrected chi connectivity index (χ2v) is 3.13. The third-order valence-corrected chi connectivity index (χ3v) is 1.87. The molecule has 0 aliphatic heterocycles. The van der Waals surface area contributed by atoms with Gasteiger partial charge in [-0.1, -0.05) is 11.6 Å². The molecule has 0 spiro atoms. The van der Waals surface area contributed by atoms with Crippen LogP contribution in [0.1, 0.15) is 6.92 Å². The first-order valence-corrected chi connectivity index (χ1v) is 4.96. The van der Waals surface area contributed by atoms with Crippen molar-refractivity contribution in [2.45, 2.75) is 6.92 Å². The van der Waals surface area contributed by atoms with Gasteiger partial charge in [0.15, 0.2) is 0 Å². The fourth-order valence-electron chi connectivity index (χ4n) is 0.954. The molecule has 0 unspecified atom stereocenters. The van der Waals surface area contributed by atoms with Gasteiger partial charge in [-0.05, 0) is 31.2 Å². The predicted octanol–water partition coefficient (Wildman–Crippen LogP) is 2.13. The van der Waals surface area contributed by atoms with E-state index in [1.807, 2.05) is 6.92 Å². The standard InChI is InChI=1S/C10H11ClN2O3/c1-2-16-8-5-3-7(4-6-8)12-13-9(11)10(14)15/h3-6,12H,2H2,1H3,(H,14,15).